The van der Waals surface area contributed by atoms with Gasteiger partial charge in [0, 0.05) is 22.9 Å². The largest absolute Gasteiger partial charge is 0.392 e. The lowest BCUT2D eigenvalue weighted by Crippen LogP contribution is -2.30. The Kier molecular flexibility index (Phi) is 5.49. The van der Waals surface area contributed by atoms with Crippen LogP contribution < -0.4 is 10.6 Å². The second-order valence-corrected chi connectivity index (χ2v) is 5.52. The van der Waals surface area contributed by atoms with E-state index in [9.17, 15) is 9.59 Å². The molecule has 0 aliphatic rings. The third kappa shape index (κ3) is 4.66. The van der Waals surface area contributed by atoms with Crippen LogP contribution in [0.25, 0.3) is 0 Å². The molecule has 3 N–H and O–H groups in total. The van der Waals surface area contributed by atoms with Gasteiger partial charge in [-0.15, -0.1) is 0 Å². The third-order valence-corrected chi connectivity index (χ3v) is 3.20. The summed E-state index contributed by atoms with van der Waals surface area (Å²) in [5.74, 6) is -0.432. The molecule has 0 aromatic heterocycles. The van der Waals surface area contributed by atoms with Crippen LogP contribution in [0.15, 0.2) is 48.5 Å². The molecule has 0 saturated carbocycles. The van der Waals surface area contributed by atoms with Crippen LogP contribution in [0.2, 0.25) is 0 Å². The van der Waals surface area contributed by atoms with Crippen molar-refractivity contribution in [3.05, 3.63) is 65.2 Å². The highest BCUT2D eigenvalue weighted by Gasteiger charge is 2.10. The standard InChI is InChI=1S/C18H20N2O3/c1-12(2)19-17(22)14-6-8-15(9-7-14)18(23)20-16-5-3-4-13(10-16)11-21/h3-10,12,21H,11H2,1-2H3,(H,19,22)(H,20,23). The van der Waals surface area contributed by atoms with Gasteiger partial charge in [-0.1, -0.05) is 12.1 Å². The molecule has 0 aliphatic heterocycles. The Morgan fingerprint density at radius 3 is 2.17 bits per heavy atom. The second kappa shape index (κ2) is 7.56. The quantitative estimate of drug-likeness (QED) is 0.794. The number of carbonyl (C=O) groups is 2. The molecule has 0 saturated heterocycles. The molecular formula is C18H20N2O3. The van der Waals surface area contributed by atoms with Crippen molar-refractivity contribution in [2.75, 3.05) is 5.32 Å². The first kappa shape index (κ1) is 16.7. The fraction of sp³-hybridized carbons (Fsp3) is 0.222. The van der Waals surface area contributed by atoms with Gasteiger partial charge in [0.25, 0.3) is 11.8 Å². The number of aliphatic hydroxyl groups is 1. The Hall–Kier alpha value is -2.66. The molecule has 23 heavy (non-hydrogen) atoms. The van der Waals surface area contributed by atoms with Crippen molar-refractivity contribution in [2.24, 2.45) is 0 Å². The Labute approximate surface area is 135 Å². The normalized spacial score (nSPS) is 10.4. The molecule has 120 valence electrons. The molecule has 0 atom stereocenters. The van der Waals surface area contributed by atoms with E-state index in [4.69, 9.17) is 5.11 Å². The number of amides is 2. The van der Waals surface area contributed by atoms with Gasteiger partial charge in [0.2, 0.25) is 0 Å². The van der Waals surface area contributed by atoms with Gasteiger partial charge in [0.15, 0.2) is 0 Å². The van der Waals surface area contributed by atoms with E-state index in [0.717, 1.165) is 5.56 Å². The van der Waals surface area contributed by atoms with Gasteiger partial charge < -0.3 is 15.7 Å². The maximum atomic E-state index is 12.2. The van der Waals surface area contributed by atoms with Crippen LogP contribution in [0.5, 0.6) is 0 Å². The molecule has 0 heterocycles. The molecule has 5 nitrogen and oxygen atoms in total. The smallest absolute Gasteiger partial charge is 0.255 e. The SMILES string of the molecule is CC(C)NC(=O)c1ccc(C(=O)Nc2cccc(CO)c2)cc1. The van der Waals surface area contributed by atoms with Crippen LogP contribution in [-0.2, 0) is 6.61 Å². The van der Waals surface area contributed by atoms with Crippen molar-refractivity contribution in [1.82, 2.24) is 5.32 Å². The number of carbonyl (C=O) groups excluding carboxylic acids is 2. The molecule has 2 rings (SSSR count). The van der Waals surface area contributed by atoms with E-state index >= 15 is 0 Å². The molecule has 2 amide bonds. The average Bonchev–Trinajstić information content (AvgIpc) is 2.54. The molecule has 0 radical (unpaired) electrons. The number of hydrogen-bond donors (Lipinski definition) is 3. The number of rotatable bonds is 5. The Morgan fingerprint density at radius 2 is 1.61 bits per heavy atom. The highest BCUT2D eigenvalue weighted by Crippen LogP contribution is 2.13. The van der Waals surface area contributed by atoms with Crippen molar-refractivity contribution in [3.8, 4) is 0 Å². The summed E-state index contributed by atoms with van der Waals surface area (Å²) in [6.07, 6.45) is 0. The van der Waals surface area contributed by atoms with Gasteiger partial charge in [0.1, 0.15) is 0 Å². The number of anilines is 1. The van der Waals surface area contributed by atoms with Crippen molar-refractivity contribution in [3.63, 3.8) is 0 Å². The minimum atomic E-state index is -0.268. The summed E-state index contributed by atoms with van der Waals surface area (Å²) in [6, 6.07) is 13.5. The molecule has 2 aromatic rings. The summed E-state index contributed by atoms with van der Waals surface area (Å²) in [5, 5.41) is 14.7. The zero-order valence-electron chi connectivity index (χ0n) is 13.2. The Morgan fingerprint density at radius 1 is 1.00 bits per heavy atom. The van der Waals surface area contributed by atoms with Crippen LogP contribution >= 0.6 is 0 Å². The highest BCUT2D eigenvalue weighted by molar-refractivity contribution is 6.05. The van der Waals surface area contributed by atoms with Crippen LogP contribution in [0.3, 0.4) is 0 Å². The molecule has 0 unspecified atom stereocenters. The van der Waals surface area contributed by atoms with E-state index < -0.39 is 0 Å². The number of aliphatic hydroxyl groups excluding tert-OH is 1. The third-order valence-electron chi connectivity index (χ3n) is 3.20. The lowest BCUT2D eigenvalue weighted by Gasteiger charge is -2.09. The molecule has 2 aromatic carbocycles. The Balaban J connectivity index is 2.06. The minimum Gasteiger partial charge on any atom is -0.392 e. The summed E-state index contributed by atoms with van der Waals surface area (Å²) in [4.78, 5) is 24.1. The molecule has 0 aliphatic carbocycles. The lowest BCUT2D eigenvalue weighted by atomic mass is 10.1. The van der Waals surface area contributed by atoms with Crippen LogP contribution in [0.1, 0.15) is 40.1 Å². The minimum absolute atomic E-state index is 0.0595. The van der Waals surface area contributed by atoms with E-state index in [1.165, 1.54) is 0 Å². The van der Waals surface area contributed by atoms with E-state index in [0.29, 0.717) is 16.8 Å². The first-order valence-corrected chi connectivity index (χ1v) is 7.41. The summed E-state index contributed by atoms with van der Waals surface area (Å²) in [6.45, 7) is 3.70. The average molecular weight is 312 g/mol. The summed E-state index contributed by atoms with van der Waals surface area (Å²) in [7, 11) is 0. The summed E-state index contributed by atoms with van der Waals surface area (Å²) < 4.78 is 0. The van der Waals surface area contributed by atoms with E-state index in [-0.39, 0.29) is 24.5 Å². The maximum absolute atomic E-state index is 12.2. The molecule has 5 heteroatoms. The van der Waals surface area contributed by atoms with Crippen LogP contribution in [-0.4, -0.2) is 23.0 Å². The van der Waals surface area contributed by atoms with Gasteiger partial charge in [-0.3, -0.25) is 9.59 Å². The van der Waals surface area contributed by atoms with Gasteiger partial charge in [0.05, 0.1) is 6.61 Å². The second-order valence-electron chi connectivity index (χ2n) is 5.52. The summed E-state index contributed by atoms with van der Waals surface area (Å²) >= 11 is 0. The first-order chi connectivity index (χ1) is 11.0. The number of benzene rings is 2. The lowest BCUT2D eigenvalue weighted by molar-refractivity contribution is 0.0941. The zero-order valence-corrected chi connectivity index (χ0v) is 13.2. The van der Waals surface area contributed by atoms with Gasteiger partial charge in [-0.2, -0.15) is 0 Å². The fourth-order valence-corrected chi connectivity index (χ4v) is 2.07. The van der Waals surface area contributed by atoms with Gasteiger partial charge in [-0.25, -0.2) is 0 Å². The van der Waals surface area contributed by atoms with Crippen LogP contribution in [0, 0.1) is 0 Å². The molecule has 0 fully saturated rings. The molecular weight excluding hydrogens is 292 g/mol. The topological polar surface area (TPSA) is 78.4 Å². The Bertz CT molecular complexity index is 694. The summed E-state index contributed by atoms with van der Waals surface area (Å²) in [5.41, 5.74) is 2.31. The van der Waals surface area contributed by atoms with Gasteiger partial charge in [-0.05, 0) is 55.8 Å². The van der Waals surface area contributed by atoms with Crippen molar-refractivity contribution < 1.29 is 14.7 Å². The predicted octanol–water partition coefficient (Wildman–Crippen LogP) is 2.57. The number of hydrogen-bond acceptors (Lipinski definition) is 3. The van der Waals surface area contributed by atoms with E-state index in [1.807, 2.05) is 13.8 Å². The zero-order chi connectivity index (χ0) is 16.8. The highest BCUT2D eigenvalue weighted by atomic mass is 16.3. The van der Waals surface area contributed by atoms with E-state index in [1.54, 1.807) is 48.5 Å². The number of nitrogens with one attached hydrogen (secondary N) is 2. The van der Waals surface area contributed by atoms with Crippen molar-refractivity contribution >= 4 is 17.5 Å². The first-order valence-electron chi connectivity index (χ1n) is 7.41. The maximum Gasteiger partial charge on any atom is 0.255 e. The van der Waals surface area contributed by atoms with Crippen molar-refractivity contribution in [1.29, 1.82) is 0 Å². The molecule has 0 spiro atoms. The monoisotopic (exact) mass is 312 g/mol. The van der Waals surface area contributed by atoms with E-state index in [2.05, 4.69) is 10.6 Å². The van der Waals surface area contributed by atoms with Crippen LogP contribution in [0.4, 0.5) is 5.69 Å². The van der Waals surface area contributed by atoms with Gasteiger partial charge >= 0.3 is 0 Å². The molecule has 0 bridgehead atoms. The fourth-order valence-electron chi connectivity index (χ4n) is 2.07. The van der Waals surface area contributed by atoms with Crippen molar-refractivity contribution in [2.45, 2.75) is 26.5 Å². The predicted molar refractivity (Wildman–Crippen MR) is 89.4 cm³/mol.